The van der Waals surface area contributed by atoms with Gasteiger partial charge in [-0.05, 0) is 41.6 Å². The van der Waals surface area contributed by atoms with Gasteiger partial charge in [0.25, 0.3) is 0 Å². The number of pyridine rings is 1. The van der Waals surface area contributed by atoms with Gasteiger partial charge < -0.3 is 9.64 Å². The van der Waals surface area contributed by atoms with Gasteiger partial charge in [0.1, 0.15) is 11.3 Å². The quantitative estimate of drug-likeness (QED) is 0.623. The third-order valence-corrected chi connectivity index (χ3v) is 5.31. The summed E-state index contributed by atoms with van der Waals surface area (Å²) < 4.78 is 5.37. The summed E-state index contributed by atoms with van der Waals surface area (Å²) in [4.78, 5) is 30.7. The summed E-state index contributed by atoms with van der Waals surface area (Å²) >= 11 is 1.38. The van der Waals surface area contributed by atoms with Gasteiger partial charge in [0.15, 0.2) is 5.78 Å². The second-order valence-electron chi connectivity index (χ2n) is 6.13. The number of fused-ring (bicyclic) bond motifs is 1. The van der Waals surface area contributed by atoms with Crippen LogP contribution in [0.2, 0.25) is 0 Å². The Hall–Kier alpha value is -2.73. The van der Waals surface area contributed by atoms with E-state index in [4.69, 9.17) is 4.74 Å². The zero-order valence-electron chi connectivity index (χ0n) is 15.0. The highest BCUT2D eigenvalue weighted by Crippen LogP contribution is 2.27. The van der Waals surface area contributed by atoms with Crippen LogP contribution in [0.3, 0.4) is 0 Å². The van der Waals surface area contributed by atoms with Crippen LogP contribution in [-0.2, 0) is 17.8 Å². The molecule has 0 spiro atoms. The first-order valence-corrected chi connectivity index (χ1v) is 9.10. The lowest BCUT2D eigenvalue weighted by Gasteiger charge is -2.18. The van der Waals surface area contributed by atoms with Gasteiger partial charge in [-0.15, -0.1) is 11.3 Å². The highest BCUT2D eigenvalue weighted by molar-refractivity contribution is 7.12. The third kappa shape index (κ3) is 3.75. The first-order chi connectivity index (χ1) is 12.5. The number of Topliss-reactive ketones (excluding diaryl/α,β-unsaturated/α-hetero) is 1. The van der Waals surface area contributed by atoms with E-state index in [1.807, 2.05) is 29.6 Å². The molecule has 2 aromatic heterocycles. The molecule has 5 nitrogen and oxygen atoms in total. The van der Waals surface area contributed by atoms with E-state index in [9.17, 15) is 9.59 Å². The van der Waals surface area contributed by atoms with Crippen LogP contribution in [0.15, 0.2) is 41.9 Å². The van der Waals surface area contributed by atoms with E-state index < -0.39 is 0 Å². The molecule has 0 aliphatic heterocycles. The molecule has 26 heavy (non-hydrogen) atoms. The van der Waals surface area contributed by atoms with Crippen LogP contribution >= 0.6 is 11.3 Å². The fourth-order valence-electron chi connectivity index (χ4n) is 2.81. The second kappa shape index (κ2) is 7.66. The van der Waals surface area contributed by atoms with Gasteiger partial charge in [-0.1, -0.05) is 12.1 Å². The molecule has 0 aliphatic carbocycles. The Morgan fingerprint density at radius 1 is 1.27 bits per heavy atom. The minimum atomic E-state index is 0.00533. The van der Waals surface area contributed by atoms with Crippen molar-refractivity contribution in [2.24, 2.45) is 0 Å². The Balaban J connectivity index is 1.77. The predicted molar refractivity (Wildman–Crippen MR) is 103 cm³/mol. The largest absolute Gasteiger partial charge is 0.494 e. The molecule has 1 aromatic carbocycles. The molecule has 0 saturated carbocycles. The number of ether oxygens (including phenoxy) is 1. The molecule has 0 radical (unpaired) electrons. The summed E-state index contributed by atoms with van der Waals surface area (Å²) in [7, 11) is 3.40. The minimum Gasteiger partial charge on any atom is -0.494 e. The molecular weight excluding hydrogens is 348 g/mol. The van der Waals surface area contributed by atoms with Gasteiger partial charge in [0, 0.05) is 25.2 Å². The summed E-state index contributed by atoms with van der Waals surface area (Å²) in [6.45, 7) is 2.01. The van der Waals surface area contributed by atoms with Crippen LogP contribution in [0.25, 0.3) is 10.9 Å². The number of hydrogen-bond donors (Lipinski definition) is 0. The Labute approximate surface area is 156 Å². The van der Waals surface area contributed by atoms with Gasteiger partial charge in [-0.25, -0.2) is 0 Å². The van der Waals surface area contributed by atoms with Crippen LogP contribution in [0, 0.1) is 0 Å². The Morgan fingerprint density at radius 2 is 2.08 bits per heavy atom. The van der Waals surface area contributed by atoms with Crippen molar-refractivity contribution >= 4 is 33.9 Å². The number of hydrogen-bond acceptors (Lipinski definition) is 5. The monoisotopic (exact) mass is 368 g/mol. The molecule has 134 valence electrons. The van der Waals surface area contributed by atoms with Gasteiger partial charge >= 0.3 is 0 Å². The van der Waals surface area contributed by atoms with Crippen molar-refractivity contribution in [1.82, 2.24) is 9.88 Å². The average molecular weight is 368 g/mol. The van der Waals surface area contributed by atoms with Gasteiger partial charge in [-0.2, -0.15) is 0 Å². The number of carbonyl (C=O) groups excluding carboxylic acids is 2. The Bertz CT molecular complexity index is 965. The van der Waals surface area contributed by atoms with E-state index in [0.717, 1.165) is 22.0 Å². The van der Waals surface area contributed by atoms with Crippen molar-refractivity contribution in [3.05, 3.63) is 57.9 Å². The molecule has 3 rings (SSSR count). The first kappa shape index (κ1) is 18.1. The van der Waals surface area contributed by atoms with Crippen molar-refractivity contribution < 1.29 is 14.3 Å². The van der Waals surface area contributed by atoms with Gasteiger partial charge in [0.05, 0.1) is 18.4 Å². The fourth-order valence-corrected chi connectivity index (χ4v) is 3.63. The third-order valence-electron chi connectivity index (χ3n) is 4.23. The lowest BCUT2D eigenvalue weighted by molar-refractivity contribution is -0.129. The maximum atomic E-state index is 12.6. The molecule has 0 aliphatic rings. The van der Waals surface area contributed by atoms with Crippen LogP contribution in [0.4, 0.5) is 0 Å². The number of methoxy groups -OCH3 is 1. The summed E-state index contributed by atoms with van der Waals surface area (Å²) in [5, 5.41) is 2.84. The number of aromatic nitrogens is 1. The maximum absolute atomic E-state index is 12.6. The number of benzene rings is 1. The predicted octanol–water partition coefficient (Wildman–Crippen LogP) is 3.71. The van der Waals surface area contributed by atoms with Crippen molar-refractivity contribution in [3.8, 4) is 5.75 Å². The topological polar surface area (TPSA) is 59.5 Å². The number of thiophene rings is 1. The number of ketones is 1. The number of nitrogens with zero attached hydrogens (tertiary/aromatic N) is 2. The number of likely N-dealkylation sites (N-methyl/N-ethyl adjacent to an activating group) is 1. The second-order valence-corrected chi connectivity index (χ2v) is 7.04. The van der Waals surface area contributed by atoms with Crippen molar-refractivity contribution in [2.45, 2.75) is 19.9 Å². The molecule has 1 amide bonds. The lowest BCUT2D eigenvalue weighted by atomic mass is 10.1. The molecular formula is C20H20N2O3S. The molecule has 0 fully saturated rings. The van der Waals surface area contributed by atoms with E-state index in [-0.39, 0.29) is 18.1 Å². The molecule has 0 saturated heterocycles. The van der Waals surface area contributed by atoms with E-state index >= 15 is 0 Å². The molecule has 6 heteroatoms. The van der Waals surface area contributed by atoms with Crippen LogP contribution < -0.4 is 4.74 Å². The zero-order chi connectivity index (χ0) is 18.7. The highest BCUT2D eigenvalue weighted by Gasteiger charge is 2.15. The number of carbonyl (C=O) groups is 2. The first-order valence-electron chi connectivity index (χ1n) is 8.22. The lowest BCUT2D eigenvalue weighted by Crippen LogP contribution is -2.27. The number of amides is 1. The van der Waals surface area contributed by atoms with Gasteiger partial charge in [0.2, 0.25) is 5.91 Å². The van der Waals surface area contributed by atoms with Crippen molar-refractivity contribution in [1.29, 1.82) is 0 Å². The zero-order valence-corrected chi connectivity index (χ0v) is 15.8. The van der Waals surface area contributed by atoms with Crippen molar-refractivity contribution in [2.75, 3.05) is 14.2 Å². The van der Waals surface area contributed by atoms with Crippen LogP contribution in [0.1, 0.15) is 27.7 Å². The van der Waals surface area contributed by atoms with E-state index in [1.54, 1.807) is 31.3 Å². The molecule has 2 heterocycles. The van der Waals surface area contributed by atoms with Crippen LogP contribution in [-0.4, -0.2) is 35.7 Å². The molecule has 0 bridgehead atoms. The SMILES string of the molecule is COc1ccc(CN(C)C(=O)Cc2csc(C(C)=O)c2)c2cccnc12. The molecule has 3 aromatic rings. The summed E-state index contributed by atoms with van der Waals surface area (Å²) in [5.74, 6) is 0.749. The van der Waals surface area contributed by atoms with Crippen molar-refractivity contribution in [3.63, 3.8) is 0 Å². The summed E-state index contributed by atoms with van der Waals surface area (Å²) in [6.07, 6.45) is 2.01. The summed E-state index contributed by atoms with van der Waals surface area (Å²) in [5.41, 5.74) is 2.68. The highest BCUT2D eigenvalue weighted by atomic mass is 32.1. The van der Waals surface area contributed by atoms with Gasteiger partial charge in [-0.3, -0.25) is 14.6 Å². The van der Waals surface area contributed by atoms with E-state index in [0.29, 0.717) is 17.2 Å². The Morgan fingerprint density at radius 3 is 2.77 bits per heavy atom. The molecule has 0 unspecified atom stereocenters. The maximum Gasteiger partial charge on any atom is 0.227 e. The van der Waals surface area contributed by atoms with Crippen LogP contribution in [0.5, 0.6) is 5.75 Å². The molecule has 0 atom stereocenters. The average Bonchev–Trinajstić information content (AvgIpc) is 3.10. The van der Waals surface area contributed by atoms with E-state index in [2.05, 4.69) is 4.98 Å². The smallest absolute Gasteiger partial charge is 0.227 e. The number of rotatable bonds is 6. The Kier molecular flexibility index (Phi) is 5.32. The summed E-state index contributed by atoms with van der Waals surface area (Å²) in [6, 6.07) is 9.50. The minimum absolute atomic E-state index is 0.00533. The normalized spacial score (nSPS) is 10.7. The molecule has 0 N–H and O–H groups in total. The van der Waals surface area contributed by atoms with E-state index in [1.165, 1.54) is 18.3 Å². The standard InChI is InChI=1S/C20H20N2O3S/c1-13(23)18-9-14(12-26-18)10-19(24)22(2)11-15-6-7-17(25-3)20-16(15)5-4-8-21-20/h4-9,12H,10-11H2,1-3H3. The fraction of sp³-hybridized carbons (Fsp3) is 0.250.